The van der Waals surface area contributed by atoms with Crippen molar-refractivity contribution in [2.75, 3.05) is 5.32 Å². The Bertz CT molecular complexity index is 931. The van der Waals surface area contributed by atoms with E-state index in [4.69, 9.17) is 0 Å². The van der Waals surface area contributed by atoms with Crippen molar-refractivity contribution >= 4 is 23.5 Å². The summed E-state index contributed by atoms with van der Waals surface area (Å²) in [7, 11) is 0. The van der Waals surface area contributed by atoms with E-state index in [1.807, 2.05) is 0 Å². The molecule has 28 heavy (non-hydrogen) atoms. The number of hydrogen-bond donors (Lipinski definition) is 2. The zero-order chi connectivity index (χ0) is 20.0. The fourth-order valence-electron chi connectivity index (χ4n) is 2.38. The van der Waals surface area contributed by atoms with Crippen LogP contribution in [-0.4, -0.2) is 11.0 Å². The van der Waals surface area contributed by atoms with E-state index in [2.05, 4.69) is 15.6 Å². The molecule has 3 aromatic rings. The summed E-state index contributed by atoms with van der Waals surface area (Å²) in [6.45, 7) is 0.358. The number of anilines is 1. The van der Waals surface area contributed by atoms with Gasteiger partial charge in [0.15, 0.2) is 0 Å². The molecule has 0 aliphatic heterocycles. The van der Waals surface area contributed by atoms with Crippen LogP contribution < -0.4 is 10.6 Å². The molecule has 2 amide bonds. The van der Waals surface area contributed by atoms with Gasteiger partial charge in [-0.1, -0.05) is 23.9 Å². The van der Waals surface area contributed by atoms with Crippen molar-refractivity contribution in [2.45, 2.75) is 22.5 Å². The first kappa shape index (κ1) is 19.8. The van der Waals surface area contributed by atoms with E-state index in [-0.39, 0.29) is 10.9 Å². The van der Waals surface area contributed by atoms with E-state index in [1.54, 1.807) is 54.9 Å². The number of rotatable bonds is 5. The summed E-state index contributed by atoms with van der Waals surface area (Å²) < 4.78 is 39.2. The minimum Gasteiger partial charge on any atom is -0.334 e. The SMILES string of the molecule is O=C(NCc1ccncc1)Nc1ccc(Sc2ccccc2C(F)(F)F)cc1. The Morgan fingerprint density at radius 2 is 1.64 bits per heavy atom. The first-order valence-electron chi connectivity index (χ1n) is 8.30. The first-order valence-corrected chi connectivity index (χ1v) is 9.11. The van der Waals surface area contributed by atoms with Crippen molar-refractivity contribution in [3.05, 3.63) is 84.2 Å². The van der Waals surface area contributed by atoms with Gasteiger partial charge in [0.1, 0.15) is 0 Å². The highest BCUT2D eigenvalue weighted by Gasteiger charge is 2.33. The quantitative estimate of drug-likeness (QED) is 0.585. The number of halogens is 3. The average Bonchev–Trinajstić information content (AvgIpc) is 2.68. The van der Waals surface area contributed by atoms with Gasteiger partial charge in [0.05, 0.1) is 5.56 Å². The highest BCUT2D eigenvalue weighted by molar-refractivity contribution is 7.99. The number of nitrogens with one attached hydrogen (secondary N) is 2. The molecule has 0 aliphatic rings. The van der Waals surface area contributed by atoms with Crippen LogP contribution in [0, 0.1) is 0 Å². The molecule has 2 N–H and O–H groups in total. The molecule has 1 aromatic heterocycles. The zero-order valence-electron chi connectivity index (χ0n) is 14.5. The minimum absolute atomic E-state index is 0.130. The van der Waals surface area contributed by atoms with Crippen LogP contribution in [-0.2, 0) is 12.7 Å². The Morgan fingerprint density at radius 1 is 0.964 bits per heavy atom. The topological polar surface area (TPSA) is 54.0 Å². The maximum absolute atomic E-state index is 13.1. The summed E-state index contributed by atoms with van der Waals surface area (Å²) in [6, 6.07) is 15.3. The van der Waals surface area contributed by atoms with Gasteiger partial charge in [0.25, 0.3) is 0 Å². The number of urea groups is 1. The molecule has 0 spiro atoms. The predicted octanol–water partition coefficient (Wildman–Crippen LogP) is 5.57. The van der Waals surface area contributed by atoms with E-state index in [0.29, 0.717) is 17.1 Å². The molecule has 0 radical (unpaired) electrons. The van der Waals surface area contributed by atoms with Crippen LogP contribution in [0.1, 0.15) is 11.1 Å². The molecule has 0 saturated heterocycles. The van der Waals surface area contributed by atoms with Crippen molar-refractivity contribution in [1.29, 1.82) is 0 Å². The van der Waals surface area contributed by atoms with E-state index in [1.165, 1.54) is 12.1 Å². The van der Waals surface area contributed by atoms with Gasteiger partial charge in [0.2, 0.25) is 0 Å². The molecule has 0 unspecified atom stereocenters. The second-order valence-electron chi connectivity index (χ2n) is 5.78. The van der Waals surface area contributed by atoms with Crippen LogP contribution in [0.2, 0.25) is 0 Å². The van der Waals surface area contributed by atoms with Gasteiger partial charge in [-0.25, -0.2) is 4.79 Å². The lowest BCUT2D eigenvalue weighted by atomic mass is 10.2. The van der Waals surface area contributed by atoms with Gasteiger partial charge in [-0.2, -0.15) is 13.2 Å². The summed E-state index contributed by atoms with van der Waals surface area (Å²) in [6.07, 6.45) is -1.12. The molecule has 1 heterocycles. The minimum atomic E-state index is -4.40. The molecule has 0 aliphatic carbocycles. The first-order chi connectivity index (χ1) is 13.4. The lowest BCUT2D eigenvalue weighted by Gasteiger charge is -2.12. The van der Waals surface area contributed by atoms with Crippen molar-refractivity contribution in [3.8, 4) is 0 Å². The Morgan fingerprint density at radius 3 is 2.32 bits per heavy atom. The van der Waals surface area contributed by atoms with E-state index in [9.17, 15) is 18.0 Å². The van der Waals surface area contributed by atoms with Crippen LogP contribution in [0.25, 0.3) is 0 Å². The summed E-state index contributed by atoms with van der Waals surface area (Å²) in [5.74, 6) is 0. The second-order valence-corrected chi connectivity index (χ2v) is 6.90. The van der Waals surface area contributed by atoms with Crippen molar-refractivity contribution in [2.24, 2.45) is 0 Å². The highest BCUT2D eigenvalue weighted by Crippen LogP contribution is 2.39. The van der Waals surface area contributed by atoms with Crippen LogP contribution >= 0.6 is 11.8 Å². The number of nitrogens with zero attached hydrogens (tertiary/aromatic N) is 1. The standard InChI is InChI=1S/C20H16F3N3OS/c21-20(22,23)17-3-1-2-4-18(17)28-16-7-5-15(6-8-16)26-19(27)25-13-14-9-11-24-12-10-14/h1-12H,13H2,(H2,25,26,27). The fraction of sp³-hybridized carbons (Fsp3) is 0.100. The Balaban J connectivity index is 1.59. The number of aromatic nitrogens is 1. The second kappa shape index (κ2) is 8.79. The maximum atomic E-state index is 13.1. The predicted molar refractivity (Wildman–Crippen MR) is 102 cm³/mol. The maximum Gasteiger partial charge on any atom is 0.417 e. The molecule has 3 rings (SSSR count). The fourth-order valence-corrected chi connectivity index (χ4v) is 3.35. The number of benzene rings is 2. The number of carbonyl (C=O) groups excluding carboxylic acids is 1. The zero-order valence-corrected chi connectivity index (χ0v) is 15.3. The van der Waals surface area contributed by atoms with Gasteiger partial charge in [-0.15, -0.1) is 0 Å². The molecule has 2 aromatic carbocycles. The van der Waals surface area contributed by atoms with Gasteiger partial charge in [-0.3, -0.25) is 4.98 Å². The number of carbonyl (C=O) groups is 1. The molecular weight excluding hydrogens is 387 g/mol. The van der Waals surface area contributed by atoms with Crippen LogP contribution in [0.4, 0.5) is 23.7 Å². The number of amides is 2. The molecular formula is C20H16F3N3OS. The van der Waals surface area contributed by atoms with E-state index in [0.717, 1.165) is 23.4 Å². The normalized spacial score (nSPS) is 11.1. The largest absolute Gasteiger partial charge is 0.417 e. The average molecular weight is 403 g/mol. The van der Waals surface area contributed by atoms with Crippen LogP contribution in [0.15, 0.2) is 82.8 Å². The lowest BCUT2D eigenvalue weighted by Crippen LogP contribution is -2.28. The monoisotopic (exact) mass is 403 g/mol. The summed E-state index contributed by atoms with van der Waals surface area (Å²) in [5.41, 5.74) is 0.790. The number of pyridine rings is 1. The Labute approximate surface area is 164 Å². The highest BCUT2D eigenvalue weighted by atomic mass is 32.2. The Kier molecular flexibility index (Phi) is 6.20. The molecule has 4 nitrogen and oxygen atoms in total. The van der Waals surface area contributed by atoms with Crippen molar-refractivity contribution in [3.63, 3.8) is 0 Å². The third-order valence-corrected chi connectivity index (χ3v) is 4.82. The van der Waals surface area contributed by atoms with E-state index >= 15 is 0 Å². The smallest absolute Gasteiger partial charge is 0.334 e. The molecule has 0 fully saturated rings. The van der Waals surface area contributed by atoms with Gasteiger partial charge in [0, 0.05) is 34.4 Å². The third kappa shape index (κ3) is 5.50. The van der Waals surface area contributed by atoms with Crippen LogP contribution in [0.3, 0.4) is 0 Å². The van der Waals surface area contributed by atoms with Crippen LogP contribution in [0.5, 0.6) is 0 Å². The van der Waals surface area contributed by atoms with Crippen molar-refractivity contribution in [1.82, 2.24) is 10.3 Å². The lowest BCUT2D eigenvalue weighted by molar-refractivity contribution is -0.139. The third-order valence-electron chi connectivity index (χ3n) is 3.73. The summed E-state index contributed by atoms with van der Waals surface area (Å²) in [5, 5.41) is 5.40. The number of hydrogen-bond acceptors (Lipinski definition) is 3. The van der Waals surface area contributed by atoms with Gasteiger partial charge in [-0.05, 0) is 54.1 Å². The molecule has 8 heteroatoms. The van der Waals surface area contributed by atoms with E-state index < -0.39 is 11.7 Å². The van der Waals surface area contributed by atoms with Gasteiger partial charge < -0.3 is 10.6 Å². The number of alkyl halides is 3. The molecule has 0 bridgehead atoms. The van der Waals surface area contributed by atoms with Gasteiger partial charge >= 0.3 is 12.2 Å². The molecule has 0 atom stereocenters. The summed E-state index contributed by atoms with van der Waals surface area (Å²) >= 11 is 1.02. The molecule has 0 saturated carbocycles. The molecule has 144 valence electrons. The summed E-state index contributed by atoms with van der Waals surface area (Å²) in [4.78, 5) is 16.6. The van der Waals surface area contributed by atoms with Crippen molar-refractivity contribution < 1.29 is 18.0 Å². The Hall–Kier alpha value is -3.00.